The lowest BCUT2D eigenvalue weighted by molar-refractivity contribution is -0.147. The summed E-state index contributed by atoms with van der Waals surface area (Å²) in [6.45, 7) is 11.0. The Bertz CT molecular complexity index is 346. The number of ether oxygens (including phenoxy) is 4. The van der Waals surface area contributed by atoms with E-state index in [1.165, 1.54) is 0 Å². The van der Waals surface area contributed by atoms with Crippen LogP contribution in [0.1, 0.15) is 65.2 Å². The Hall–Kier alpha value is -1.40. The molecule has 0 aliphatic heterocycles. The molecule has 6 heteroatoms. The number of esters is 2. The van der Waals surface area contributed by atoms with Crippen molar-refractivity contribution in [3.63, 3.8) is 0 Å². The number of hydrogen-bond donors (Lipinski definition) is 0. The fourth-order valence-corrected chi connectivity index (χ4v) is 1.90. The van der Waals surface area contributed by atoms with Gasteiger partial charge in [0, 0.05) is 26.4 Å². The standard InChI is InChI=1S/C20H36O6/c1-4-6-12-23-14-8-10-16-25-19(21)18(3)20(22)26-17-11-9-15-24-13-7-5-2/h3-17H2,1-2H3. The fourth-order valence-electron chi connectivity index (χ4n) is 1.90. The highest BCUT2D eigenvalue weighted by atomic mass is 16.6. The van der Waals surface area contributed by atoms with E-state index >= 15 is 0 Å². The summed E-state index contributed by atoms with van der Waals surface area (Å²) in [6.07, 6.45) is 7.36. The molecule has 0 aromatic heterocycles. The van der Waals surface area contributed by atoms with E-state index in [4.69, 9.17) is 18.9 Å². The van der Waals surface area contributed by atoms with Gasteiger partial charge < -0.3 is 18.9 Å². The van der Waals surface area contributed by atoms with Crippen molar-refractivity contribution in [2.24, 2.45) is 0 Å². The minimum absolute atomic E-state index is 0.247. The van der Waals surface area contributed by atoms with Gasteiger partial charge in [0.1, 0.15) is 5.57 Å². The van der Waals surface area contributed by atoms with Crippen molar-refractivity contribution in [2.75, 3.05) is 39.6 Å². The first kappa shape index (κ1) is 24.6. The van der Waals surface area contributed by atoms with Gasteiger partial charge in [-0.15, -0.1) is 0 Å². The highest BCUT2D eigenvalue weighted by molar-refractivity contribution is 6.13. The predicted molar refractivity (Wildman–Crippen MR) is 101 cm³/mol. The van der Waals surface area contributed by atoms with Gasteiger partial charge in [0.2, 0.25) is 0 Å². The summed E-state index contributed by atoms with van der Waals surface area (Å²) in [4.78, 5) is 23.4. The molecule has 0 aliphatic rings. The van der Waals surface area contributed by atoms with Crippen LogP contribution in [0.5, 0.6) is 0 Å². The summed E-state index contributed by atoms with van der Waals surface area (Å²) in [5, 5.41) is 0. The van der Waals surface area contributed by atoms with E-state index in [0.29, 0.717) is 26.1 Å². The molecule has 0 spiro atoms. The van der Waals surface area contributed by atoms with Gasteiger partial charge in [-0.1, -0.05) is 33.3 Å². The normalized spacial score (nSPS) is 10.5. The lowest BCUT2D eigenvalue weighted by Crippen LogP contribution is -2.18. The van der Waals surface area contributed by atoms with E-state index in [-0.39, 0.29) is 18.8 Å². The molecule has 6 nitrogen and oxygen atoms in total. The third-order valence-corrected chi connectivity index (χ3v) is 3.61. The minimum atomic E-state index is -0.718. The highest BCUT2D eigenvalue weighted by Crippen LogP contribution is 2.02. The molecule has 0 aliphatic carbocycles. The van der Waals surface area contributed by atoms with Crippen molar-refractivity contribution >= 4 is 11.9 Å². The van der Waals surface area contributed by atoms with E-state index in [0.717, 1.165) is 51.7 Å². The minimum Gasteiger partial charge on any atom is -0.462 e. The van der Waals surface area contributed by atoms with E-state index in [9.17, 15) is 9.59 Å². The number of hydrogen-bond acceptors (Lipinski definition) is 6. The Morgan fingerprint density at radius 1 is 0.615 bits per heavy atom. The van der Waals surface area contributed by atoms with Crippen LogP contribution in [0.25, 0.3) is 0 Å². The molecule has 0 unspecified atom stereocenters. The molecule has 0 rings (SSSR count). The molecule has 0 saturated heterocycles. The summed E-state index contributed by atoms with van der Waals surface area (Å²) < 4.78 is 20.9. The lowest BCUT2D eigenvalue weighted by atomic mass is 10.3. The summed E-state index contributed by atoms with van der Waals surface area (Å²) in [5.74, 6) is -1.44. The van der Waals surface area contributed by atoms with Gasteiger partial charge in [0.05, 0.1) is 13.2 Å². The van der Waals surface area contributed by atoms with Gasteiger partial charge in [0.25, 0.3) is 0 Å². The van der Waals surface area contributed by atoms with E-state index in [1.54, 1.807) is 0 Å². The molecule has 0 atom stereocenters. The second-order valence-electron chi connectivity index (χ2n) is 6.10. The van der Waals surface area contributed by atoms with Crippen molar-refractivity contribution < 1.29 is 28.5 Å². The van der Waals surface area contributed by atoms with Crippen molar-refractivity contribution in [1.82, 2.24) is 0 Å². The van der Waals surface area contributed by atoms with Crippen LogP contribution in [-0.2, 0) is 28.5 Å². The van der Waals surface area contributed by atoms with Crippen molar-refractivity contribution in [3.8, 4) is 0 Å². The number of unbranched alkanes of at least 4 members (excludes halogenated alkanes) is 4. The molecule has 0 N–H and O–H groups in total. The lowest BCUT2D eigenvalue weighted by Gasteiger charge is -2.08. The Kier molecular flexibility index (Phi) is 17.4. The number of carbonyl (C=O) groups is 2. The highest BCUT2D eigenvalue weighted by Gasteiger charge is 2.18. The van der Waals surface area contributed by atoms with Crippen molar-refractivity contribution in [3.05, 3.63) is 12.2 Å². The van der Waals surface area contributed by atoms with Gasteiger partial charge in [-0.05, 0) is 38.5 Å². The summed E-state index contributed by atoms with van der Waals surface area (Å²) in [6, 6.07) is 0. The molecular formula is C20H36O6. The van der Waals surface area contributed by atoms with Crippen molar-refractivity contribution in [1.29, 1.82) is 0 Å². The molecule has 0 bridgehead atoms. The van der Waals surface area contributed by atoms with Crippen LogP contribution >= 0.6 is 0 Å². The van der Waals surface area contributed by atoms with E-state index in [2.05, 4.69) is 20.4 Å². The van der Waals surface area contributed by atoms with Gasteiger partial charge in [-0.3, -0.25) is 0 Å². The third kappa shape index (κ3) is 14.9. The molecule has 0 saturated carbocycles. The average Bonchev–Trinajstić information content (AvgIpc) is 2.65. The first-order valence-corrected chi connectivity index (χ1v) is 9.82. The van der Waals surface area contributed by atoms with Gasteiger partial charge in [0.15, 0.2) is 0 Å². The van der Waals surface area contributed by atoms with E-state index in [1.807, 2.05) is 0 Å². The zero-order chi connectivity index (χ0) is 19.5. The fraction of sp³-hybridized carbons (Fsp3) is 0.800. The Labute approximate surface area is 158 Å². The zero-order valence-electron chi connectivity index (χ0n) is 16.6. The monoisotopic (exact) mass is 372 g/mol. The first-order chi connectivity index (χ1) is 12.6. The third-order valence-electron chi connectivity index (χ3n) is 3.61. The maximum absolute atomic E-state index is 11.7. The van der Waals surface area contributed by atoms with Crippen LogP contribution in [-0.4, -0.2) is 51.6 Å². The molecule has 0 radical (unpaired) electrons. The van der Waals surface area contributed by atoms with Crippen LogP contribution in [0, 0.1) is 0 Å². The van der Waals surface area contributed by atoms with Gasteiger partial charge >= 0.3 is 11.9 Å². The van der Waals surface area contributed by atoms with Crippen LogP contribution in [0.3, 0.4) is 0 Å². The summed E-state index contributed by atoms with van der Waals surface area (Å²) in [7, 11) is 0. The van der Waals surface area contributed by atoms with E-state index < -0.39 is 11.9 Å². The van der Waals surface area contributed by atoms with Crippen LogP contribution in [0.2, 0.25) is 0 Å². The van der Waals surface area contributed by atoms with Gasteiger partial charge in [-0.25, -0.2) is 9.59 Å². The second-order valence-corrected chi connectivity index (χ2v) is 6.10. The molecule has 0 amide bonds. The summed E-state index contributed by atoms with van der Waals surface area (Å²) in [5.41, 5.74) is -0.261. The maximum atomic E-state index is 11.7. The topological polar surface area (TPSA) is 71.1 Å². The molecular weight excluding hydrogens is 336 g/mol. The Balaban J connectivity index is 3.57. The molecule has 26 heavy (non-hydrogen) atoms. The quantitative estimate of drug-likeness (QED) is 0.120. The van der Waals surface area contributed by atoms with Crippen LogP contribution < -0.4 is 0 Å². The van der Waals surface area contributed by atoms with Gasteiger partial charge in [-0.2, -0.15) is 0 Å². The summed E-state index contributed by atoms with van der Waals surface area (Å²) >= 11 is 0. The largest absolute Gasteiger partial charge is 0.462 e. The van der Waals surface area contributed by atoms with Crippen LogP contribution in [0.15, 0.2) is 12.2 Å². The maximum Gasteiger partial charge on any atom is 0.344 e. The van der Waals surface area contributed by atoms with Crippen LogP contribution in [0.4, 0.5) is 0 Å². The smallest absolute Gasteiger partial charge is 0.344 e. The Morgan fingerprint density at radius 2 is 0.962 bits per heavy atom. The average molecular weight is 373 g/mol. The number of rotatable bonds is 18. The molecule has 0 fully saturated rings. The predicted octanol–water partition coefficient (Wildman–Crippen LogP) is 3.82. The van der Waals surface area contributed by atoms with Crippen molar-refractivity contribution in [2.45, 2.75) is 65.2 Å². The molecule has 0 heterocycles. The Morgan fingerprint density at radius 3 is 1.35 bits per heavy atom. The molecule has 152 valence electrons. The zero-order valence-corrected chi connectivity index (χ0v) is 16.6. The first-order valence-electron chi connectivity index (χ1n) is 9.82. The molecule has 0 aromatic carbocycles. The second kappa shape index (κ2) is 18.4. The molecule has 0 aromatic rings. The SMILES string of the molecule is C=C(C(=O)OCCCCOCCCC)C(=O)OCCCCOCCCC. The number of carbonyl (C=O) groups excluding carboxylic acids is 2.